The maximum Gasteiger partial charge on any atom is 0.0529 e. The van der Waals surface area contributed by atoms with Gasteiger partial charge >= 0.3 is 0 Å². The molecule has 1 heteroatoms. The fraction of sp³-hybridized carbons (Fsp3) is 0.778. The maximum atomic E-state index is 5.24. The van der Waals surface area contributed by atoms with E-state index in [-0.39, 0.29) is 0 Å². The Kier molecular flexibility index (Phi) is 2.94. The van der Waals surface area contributed by atoms with Crippen molar-refractivity contribution in [1.29, 1.82) is 0 Å². The summed E-state index contributed by atoms with van der Waals surface area (Å²) in [5.41, 5.74) is 0. The third kappa shape index (κ3) is 2.53. The van der Waals surface area contributed by atoms with Crippen molar-refractivity contribution in [2.45, 2.75) is 20.3 Å². The highest BCUT2D eigenvalue weighted by atomic mass is 16.5. The zero-order chi connectivity index (χ0) is 7.40. The molecule has 1 fully saturated rings. The van der Waals surface area contributed by atoms with Gasteiger partial charge in [-0.1, -0.05) is 26.0 Å². The molecule has 0 aromatic rings. The standard InChI is InChI=1S/C9H16O/c1-8(2)3-4-9-5-6-10-7-9/h3-4,8-9H,5-7H2,1-2H3/b4-3+. The second-order valence-corrected chi connectivity index (χ2v) is 3.25. The van der Waals surface area contributed by atoms with E-state index in [0.29, 0.717) is 11.8 Å². The summed E-state index contributed by atoms with van der Waals surface area (Å²) in [7, 11) is 0. The van der Waals surface area contributed by atoms with Crippen LogP contribution in [0.15, 0.2) is 12.2 Å². The van der Waals surface area contributed by atoms with E-state index in [1.165, 1.54) is 6.42 Å². The molecule has 0 aliphatic carbocycles. The van der Waals surface area contributed by atoms with Crippen molar-refractivity contribution in [3.05, 3.63) is 12.2 Å². The molecule has 0 radical (unpaired) electrons. The Bertz CT molecular complexity index is 110. The molecule has 0 amide bonds. The quantitative estimate of drug-likeness (QED) is 0.534. The molecule has 1 heterocycles. The van der Waals surface area contributed by atoms with Gasteiger partial charge in [0.05, 0.1) is 6.61 Å². The first-order chi connectivity index (χ1) is 4.79. The van der Waals surface area contributed by atoms with Crippen molar-refractivity contribution in [1.82, 2.24) is 0 Å². The van der Waals surface area contributed by atoms with Crippen LogP contribution >= 0.6 is 0 Å². The summed E-state index contributed by atoms with van der Waals surface area (Å²) >= 11 is 0. The van der Waals surface area contributed by atoms with E-state index in [1.807, 2.05) is 0 Å². The third-order valence-electron chi connectivity index (χ3n) is 1.73. The molecule has 1 saturated heterocycles. The fourth-order valence-electron chi connectivity index (χ4n) is 1.08. The molecule has 0 N–H and O–H groups in total. The van der Waals surface area contributed by atoms with E-state index in [1.54, 1.807) is 0 Å². The monoisotopic (exact) mass is 140 g/mol. The van der Waals surface area contributed by atoms with Gasteiger partial charge in [-0.2, -0.15) is 0 Å². The van der Waals surface area contributed by atoms with Gasteiger partial charge in [-0.3, -0.25) is 0 Å². The molecule has 1 aliphatic rings. The van der Waals surface area contributed by atoms with Gasteiger partial charge in [0.15, 0.2) is 0 Å². The molecule has 1 rings (SSSR count). The number of ether oxygens (including phenoxy) is 1. The Hall–Kier alpha value is -0.300. The first-order valence-corrected chi connectivity index (χ1v) is 4.05. The minimum Gasteiger partial charge on any atom is -0.381 e. The summed E-state index contributed by atoms with van der Waals surface area (Å²) in [6, 6.07) is 0. The van der Waals surface area contributed by atoms with Crippen LogP contribution < -0.4 is 0 Å². The van der Waals surface area contributed by atoms with Crippen LogP contribution in [-0.4, -0.2) is 13.2 Å². The fourth-order valence-corrected chi connectivity index (χ4v) is 1.08. The van der Waals surface area contributed by atoms with Gasteiger partial charge in [0.1, 0.15) is 0 Å². The van der Waals surface area contributed by atoms with Crippen LogP contribution in [0.5, 0.6) is 0 Å². The zero-order valence-electron chi connectivity index (χ0n) is 6.84. The van der Waals surface area contributed by atoms with E-state index in [2.05, 4.69) is 26.0 Å². The lowest BCUT2D eigenvalue weighted by Gasteiger charge is -1.99. The van der Waals surface area contributed by atoms with E-state index < -0.39 is 0 Å². The molecule has 1 atom stereocenters. The topological polar surface area (TPSA) is 9.23 Å². The lowest BCUT2D eigenvalue weighted by molar-refractivity contribution is 0.191. The second kappa shape index (κ2) is 3.77. The highest BCUT2D eigenvalue weighted by Gasteiger charge is 2.11. The predicted molar refractivity (Wildman–Crippen MR) is 42.9 cm³/mol. The predicted octanol–water partition coefficient (Wildman–Crippen LogP) is 2.24. The molecular weight excluding hydrogens is 124 g/mol. The minimum absolute atomic E-state index is 0.681. The first kappa shape index (κ1) is 7.80. The van der Waals surface area contributed by atoms with Crippen LogP contribution in [-0.2, 0) is 4.74 Å². The molecule has 1 unspecified atom stereocenters. The average Bonchev–Trinajstić information content (AvgIpc) is 2.34. The van der Waals surface area contributed by atoms with Gasteiger partial charge in [-0.15, -0.1) is 0 Å². The lowest BCUT2D eigenvalue weighted by atomic mass is 10.1. The Morgan fingerprint density at radius 3 is 2.80 bits per heavy atom. The average molecular weight is 140 g/mol. The summed E-state index contributed by atoms with van der Waals surface area (Å²) in [6.07, 6.45) is 5.76. The van der Waals surface area contributed by atoms with Crippen molar-refractivity contribution in [2.75, 3.05) is 13.2 Å². The smallest absolute Gasteiger partial charge is 0.0529 e. The summed E-state index contributed by atoms with van der Waals surface area (Å²) < 4.78 is 5.24. The van der Waals surface area contributed by atoms with Crippen molar-refractivity contribution >= 4 is 0 Å². The molecule has 0 aromatic carbocycles. The van der Waals surface area contributed by atoms with Crippen LogP contribution in [0.2, 0.25) is 0 Å². The Morgan fingerprint density at radius 1 is 1.50 bits per heavy atom. The normalized spacial score (nSPS) is 26.9. The molecule has 0 bridgehead atoms. The molecule has 10 heavy (non-hydrogen) atoms. The van der Waals surface area contributed by atoms with Crippen molar-refractivity contribution in [3.63, 3.8) is 0 Å². The van der Waals surface area contributed by atoms with Crippen molar-refractivity contribution < 1.29 is 4.74 Å². The summed E-state index contributed by atoms with van der Waals surface area (Å²) in [4.78, 5) is 0. The van der Waals surface area contributed by atoms with E-state index in [0.717, 1.165) is 13.2 Å². The summed E-state index contributed by atoms with van der Waals surface area (Å²) in [5.74, 6) is 1.38. The van der Waals surface area contributed by atoms with Crippen LogP contribution in [0.3, 0.4) is 0 Å². The highest BCUT2D eigenvalue weighted by molar-refractivity contribution is 4.91. The SMILES string of the molecule is CC(C)/C=C/C1CCOC1. The number of hydrogen-bond acceptors (Lipinski definition) is 1. The van der Waals surface area contributed by atoms with Crippen molar-refractivity contribution in [2.24, 2.45) is 11.8 Å². The number of allylic oxidation sites excluding steroid dienone is 1. The Morgan fingerprint density at radius 2 is 2.30 bits per heavy atom. The molecule has 0 saturated carbocycles. The number of rotatable bonds is 2. The molecule has 0 aromatic heterocycles. The second-order valence-electron chi connectivity index (χ2n) is 3.25. The van der Waals surface area contributed by atoms with Gasteiger partial charge in [0.2, 0.25) is 0 Å². The van der Waals surface area contributed by atoms with Gasteiger partial charge in [0, 0.05) is 12.5 Å². The summed E-state index contributed by atoms with van der Waals surface area (Å²) in [6.45, 7) is 6.29. The zero-order valence-corrected chi connectivity index (χ0v) is 6.84. The van der Waals surface area contributed by atoms with Gasteiger partial charge in [-0.05, 0) is 12.3 Å². The minimum atomic E-state index is 0.681. The van der Waals surface area contributed by atoms with Gasteiger partial charge in [0.25, 0.3) is 0 Å². The largest absolute Gasteiger partial charge is 0.381 e. The van der Waals surface area contributed by atoms with E-state index in [4.69, 9.17) is 4.74 Å². The van der Waals surface area contributed by atoms with Gasteiger partial charge < -0.3 is 4.74 Å². The van der Waals surface area contributed by atoms with Crippen LogP contribution in [0.25, 0.3) is 0 Å². The van der Waals surface area contributed by atoms with Crippen molar-refractivity contribution in [3.8, 4) is 0 Å². The molecule has 1 nitrogen and oxygen atoms in total. The first-order valence-electron chi connectivity index (χ1n) is 4.05. The molecule has 0 spiro atoms. The lowest BCUT2D eigenvalue weighted by Crippen LogP contribution is -1.93. The molecule has 1 aliphatic heterocycles. The van der Waals surface area contributed by atoms with E-state index in [9.17, 15) is 0 Å². The van der Waals surface area contributed by atoms with Crippen LogP contribution in [0, 0.1) is 11.8 Å². The van der Waals surface area contributed by atoms with Crippen LogP contribution in [0.4, 0.5) is 0 Å². The summed E-state index contributed by atoms with van der Waals surface area (Å²) in [5, 5.41) is 0. The molecule has 58 valence electrons. The van der Waals surface area contributed by atoms with E-state index >= 15 is 0 Å². The number of hydrogen-bond donors (Lipinski definition) is 0. The van der Waals surface area contributed by atoms with Crippen LogP contribution in [0.1, 0.15) is 20.3 Å². The Labute approximate surface area is 63.1 Å². The highest BCUT2D eigenvalue weighted by Crippen LogP contribution is 2.14. The molecular formula is C9H16O. The van der Waals surface area contributed by atoms with Gasteiger partial charge in [-0.25, -0.2) is 0 Å². The third-order valence-corrected chi connectivity index (χ3v) is 1.73. The maximum absolute atomic E-state index is 5.24. The Balaban J connectivity index is 2.23.